The van der Waals surface area contributed by atoms with Crippen LogP contribution in [-0.4, -0.2) is 26.7 Å². The van der Waals surface area contributed by atoms with Gasteiger partial charge in [0, 0.05) is 35.1 Å². The molecule has 144 valence electrons. The number of rotatable bonds is 3. The summed E-state index contributed by atoms with van der Waals surface area (Å²) in [6.07, 6.45) is 7.54. The Kier molecular flexibility index (Phi) is 5.20. The molecule has 5 nitrogen and oxygen atoms in total. The summed E-state index contributed by atoms with van der Waals surface area (Å²) in [6, 6.07) is 18.1. The summed E-state index contributed by atoms with van der Waals surface area (Å²) in [6.45, 7) is 4.00. The van der Waals surface area contributed by atoms with Crippen molar-refractivity contribution in [1.29, 1.82) is 0 Å². The number of aromatic nitrogens is 4. The molecule has 0 spiro atoms. The minimum atomic E-state index is 0.829. The maximum absolute atomic E-state index is 5.22. The molecule has 0 radical (unpaired) electrons. The Hall–Kier alpha value is -3.73. The molecule has 0 saturated heterocycles. The quantitative estimate of drug-likeness (QED) is 0.405. The average Bonchev–Trinajstić information content (AvgIpc) is 3.23. The van der Waals surface area contributed by atoms with E-state index in [1.165, 1.54) is 0 Å². The van der Waals surface area contributed by atoms with Crippen LogP contribution in [-0.2, 0) is 0 Å². The number of fused-ring (bicyclic) bond motifs is 2. The lowest BCUT2D eigenvalue weighted by Gasteiger charge is -2.05. The van der Waals surface area contributed by atoms with Crippen molar-refractivity contribution in [1.82, 2.24) is 19.6 Å². The average molecular weight is 382 g/mol. The molecule has 29 heavy (non-hydrogen) atoms. The highest BCUT2D eigenvalue weighted by Crippen LogP contribution is 2.28. The molecule has 2 aromatic carbocycles. The first-order valence-corrected chi connectivity index (χ1v) is 9.65. The van der Waals surface area contributed by atoms with E-state index in [0.29, 0.717) is 0 Å². The summed E-state index contributed by atoms with van der Waals surface area (Å²) in [7, 11) is 1.66. The van der Waals surface area contributed by atoms with Crippen molar-refractivity contribution in [3.8, 4) is 28.0 Å². The fraction of sp³-hybridized carbons (Fsp3) is 0.125. The first-order valence-electron chi connectivity index (χ1n) is 9.65. The first-order chi connectivity index (χ1) is 14.3. The van der Waals surface area contributed by atoms with Crippen LogP contribution in [0.1, 0.15) is 13.8 Å². The Morgan fingerprint density at radius 2 is 1.62 bits per heavy atom. The summed E-state index contributed by atoms with van der Waals surface area (Å²) < 4.78 is 7.04. The van der Waals surface area contributed by atoms with E-state index in [1.807, 2.05) is 73.4 Å². The number of hydrogen-bond donors (Lipinski definition) is 0. The number of benzene rings is 2. The second-order valence-electron chi connectivity index (χ2n) is 6.31. The lowest BCUT2D eigenvalue weighted by molar-refractivity contribution is 0.415. The van der Waals surface area contributed by atoms with Crippen LogP contribution in [0.2, 0.25) is 0 Å². The Balaban J connectivity index is 0.000000994. The van der Waals surface area contributed by atoms with E-state index in [0.717, 1.165) is 44.6 Å². The molecule has 0 N–H and O–H groups in total. The maximum Gasteiger partial charge on any atom is 0.162 e. The topological polar surface area (TPSA) is 52.3 Å². The van der Waals surface area contributed by atoms with E-state index >= 15 is 0 Å². The summed E-state index contributed by atoms with van der Waals surface area (Å²) in [5.41, 5.74) is 5.96. The van der Waals surface area contributed by atoms with Gasteiger partial charge in [-0.1, -0.05) is 38.1 Å². The van der Waals surface area contributed by atoms with Crippen molar-refractivity contribution in [2.24, 2.45) is 0 Å². The maximum atomic E-state index is 5.22. The van der Waals surface area contributed by atoms with Crippen molar-refractivity contribution in [3.05, 3.63) is 79.4 Å². The monoisotopic (exact) mass is 382 g/mol. The molecule has 0 amide bonds. The number of pyridine rings is 1. The summed E-state index contributed by atoms with van der Waals surface area (Å²) in [5.74, 6) is 0.833. The number of ether oxygens (including phenoxy) is 1. The van der Waals surface area contributed by atoms with E-state index in [1.54, 1.807) is 13.3 Å². The fourth-order valence-electron chi connectivity index (χ4n) is 3.25. The Morgan fingerprint density at radius 3 is 2.41 bits per heavy atom. The molecular formula is C24H22N4O. The van der Waals surface area contributed by atoms with Gasteiger partial charge < -0.3 is 4.74 Å². The van der Waals surface area contributed by atoms with E-state index in [2.05, 4.69) is 33.3 Å². The Morgan fingerprint density at radius 1 is 0.828 bits per heavy atom. The SMILES string of the molecule is CC.COc1ccc(-c2cnc3c(-c4ccc5ncccc5c4)cnn3c2)cc1. The van der Waals surface area contributed by atoms with Crippen LogP contribution in [0, 0.1) is 0 Å². The van der Waals surface area contributed by atoms with Gasteiger partial charge in [-0.2, -0.15) is 5.10 Å². The van der Waals surface area contributed by atoms with Gasteiger partial charge in [0.05, 0.1) is 18.8 Å². The normalized spacial score (nSPS) is 10.6. The standard InChI is InChI=1S/C22H16N4O.C2H6/c1-27-19-7-4-15(5-8-19)18-12-24-22-20(13-25-26(22)14-18)16-6-9-21-17(11-16)3-2-10-23-21;1-2/h2-14H,1H3;1-2H3. The zero-order valence-corrected chi connectivity index (χ0v) is 16.7. The van der Waals surface area contributed by atoms with Crippen LogP contribution in [0.5, 0.6) is 5.75 Å². The molecule has 3 aromatic heterocycles. The molecule has 0 aliphatic heterocycles. The highest BCUT2D eigenvalue weighted by Gasteiger charge is 2.10. The number of hydrogen-bond acceptors (Lipinski definition) is 4. The molecule has 5 aromatic rings. The van der Waals surface area contributed by atoms with Crippen LogP contribution in [0.3, 0.4) is 0 Å². The fourth-order valence-corrected chi connectivity index (χ4v) is 3.25. The Labute approximate surface area is 169 Å². The van der Waals surface area contributed by atoms with Crippen LogP contribution in [0.25, 0.3) is 38.8 Å². The van der Waals surface area contributed by atoms with Crippen LogP contribution < -0.4 is 4.74 Å². The minimum Gasteiger partial charge on any atom is -0.497 e. The second-order valence-corrected chi connectivity index (χ2v) is 6.31. The highest BCUT2D eigenvalue weighted by atomic mass is 16.5. The molecule has 0 unspecified atom stereocenters. The highest BCUT2D eigenvalue weighted by molar-refractivity contribution is 5.87. The number of nitrogens with zero attached hydrogens (tertiary/aromatic N) is 4. The molecular weight excluding hydrogens is 360 g/mol. The van der Waals surface area contributed by atoms with Crippen molar-refractivity contribution in [2.45, 2.75) is 13.8 Å². The first kappa shape index (κ1) is 18.6. The van der Waals surface area contributed by atoms with Gasteiger partial charge in [0.2, 0.25) is 0 Å². The lowest BCUT2D eigenvalue weighted by Crippen LogP contribution is -1.92. The summed E-state index contributed by atoms with van der Waals surface area (Å²) in [4.78, 5) is 9.05. The molecule has 5 heteroatoms. The van der Waals surface area contributed by atoms with Crippen LogP contribution in [0.4, 0.5) is 0 Å². The van der Waals surface area contributed by atoms with Gasteiger partial charge in [0.15, 0.2) is 5.65 Å². The molecule has 0 saturated carbocycles. The molecule has 0 aliphatic rings. The zero-order valence-electron chi connectivity index (χ0n) is 16.7. The van der Waals surface area contributed by atoms with Crippen molar-refractivity contribution >= 4 is 16.6 Å². The van der Waals surface area contributed by atoms with E-state index in [9.17, 15) is 0 Å². The van der Waals surface area contributed by atoms with Gasteiger partial charge in [-0.15, -0.1) is 0 Å². The Bertz CT molecular complexity index is 1260. The lowest BCUT2D eigenvalue weighted by atomic mass is 10.1. The largest absolute Gasteiger partial charge is 0.497 e. The molecule has 3 heterocycles. The van der Waals surface area contributed by atoms with Gasteiger partial charge in [0.25, 0.3) is 0 Å². The van der Waals surface area contributed by atoms with Crippen molar-refractivity contribution in [2.75, 3.05) is 7.11 Å². The van der Waals surface area contributed by atoms with Crippen LogP contribution >= 0.6 is 0 Å². The van der Waals surface area contributed by atoms with Gasteiger partial charge in [-0.25, -0.2) is 9.50 Å². The zero-order chi connectivity index (χ0) is 20.2. The third-order valence-corrected chi connectivity index (χ3v) is 4.69. The van der Waals surface area contributed by atoms with Crippen molar-refractivity contribution < 1.29 is 4.74 Å². The van der Waals surface area contributed by atoms with Gasteiger partial charge in [-0.05, 0) is 41.5 Å². The smallest absolute Gasteiger partial charge is 0.162 e. The molecule has 0 atom stereocenters. The molecule has 0 bridgehead atoms. The van der Waals surface area contributed by atoms with E-state index in [-0.39, 0.29) is 0 Å². The summed E-state index contributed by atoms with van der Waals surface area (Å²) >= 11 is 0. The second kappa shape index (κ2) is 8.10. The minimum absolute atomic E-state index is 0.829. The predicted octanol–water partition coefficient (Wildman–Crippen LogP) is 5.65. The van der Waals surface area contributed by atoms with Crippen LogP contribution in [0.15, 0.2) is 79.4 Å². The van der Waals surface area contributed by atoms with E-state index in [4.69, 9.17) is 4.74 Å². The van der Waals surface area contributed by atoms with Crippen molar-refractivity contribution in [3.63, 3.8) is 0 Å². The summed E-state index contributed by atoms with van der Waals surface area (Å²) in [5, 5.41) is 5.61. The number of methoxy groups -OCH3 is 1. The third-order valence-electron chi connectivity index (χ3n) is 4.69. The van der Waals surface area contributed by atoms with E-state index < -0.39 is 0 Å². The predicted molar refractivity (Wildman–Crippen MR) is 117 cm³/mol. The molecule has 0 aliphatic carbocycles. The van der Waals surface area contributed by atoms with Gasteiger partial charge in [0.1, 0.15) is 5.75 Å². The third kappa shape index (κ3) is 3.55. The van der Waals surface area contributed by atoms with Gasteiger partial charge in [-0.3, -0.25) is 4.98 Å². The van der Waals surface area contributed by atoms with Gasteiger partial charge >= 0.3 is 0 Å². The molecule has 5 rings (SSSR count). The molecule has 0 fully saturated rings.